The molecule has 1 aliphatic heterocycles. The van der Waals surface area contributed by atoms with Crippen LogP contribution in [0.3, 0.4) is 0 Å². The second kappa shape index (κ2) is 6.33. The molecule has 124 valence electrons. The summed E-state index contributed by atoms with van der Waals surface area (Å²) in [5.74, 6) is 0.334. The second-order valence-electron chi connectivity index (χ2n) is 6.16. The maximum atomic E-state index is 12.1. The number of carbonyl (C=O) groups is 1. The van der Waals surface area contributed by atoms with Crippen LogP contribution >= 0.6 is 11.3 Å². The first-order valence-corrected chi connectivity index (χ1v) is 8.94. The van der Waals surface area contributed by atoms with Gasteiger partial charge in [0.1, 0.15) is 5.70 Å². The standard InChI is InChI=1S/C17H18N4O2S/c22-12-4-2-11(3-5-12)19-17-20-14(16(23)21-17)7-10-1-6-13-15(8-10)24-9-18-13/h1,6-9,11-12,22H,2-5H2,(H2,19,20,21,23)/b14-7-. The molecular formula is C17H18N4O2S. The van der Waals surface area contributed by atoms with Gasteiger partial charge in [0.05, 0.1) is 27.9 Å². The molecule has 6 nitrogen and oxygen atoms in total. The van der Waals surface area contributed by atoms with E-state index in [4.69, 9.17) is 0 Å². The molecule has 1 aromatic carbocycles. The van der Waals surface area contributed by atoms with E-state index >= 15 is 0 Å². The predicted octanol–water partition coefficient (Wildman–Crippen LogP) is 2.02. The van der Waals surface area contributed by atoms with Crippen LogP contribution in [0, 0.1) is 0 Å². The summed E-state index contributed by atoms with van der Waals surface area (Å²) in [4.78, 5) is 20.9. The Kier molecular flexibility index (Phi) is 4.03. The van der Waals surface area contributed by atoms with Crippen molar-refractivity contribution in [3.05, 3.63) is 35.0 Å². The van der Waals surface area contributed by atoms with E-state index < -0.39 is 0 Å². The average molecular weight is 342 g/mol. The zero-order chi connectivity index (χ0) is 16.5. The van der Waals surface area contributed by atoms with E-state index in [0.29, 0.717) is 11.7 Å². The highest BCUT2D eigenvalue weighted by atomic mass is 32.1. The Labute approximate surface area is 143 Å². The van der Waals surface area contributed by atoms with Crippen molar-refractivity contribution in [1.29, 1.82) is 0 Å². The number of hydrogen-bond acceptors (Lipinski definition) is 5. The van der Waals surface area contributed by atoms with Gasteiger partial charge in [-0.15, -0.1) is 11.3 Å². The van der Waals surface area contributed by atoms with Gasteiger partial charge in [-0.2, -0.15) is 0 Å². The number of rotatable bonds is 2. The van der Waals surface area contributed by atoms with Gasteiger partial charge in [0, 0.05) is 0 Å². The lowest BCUT2D eigenvalue weighted by molar-refractivity contribution is -0.115. The number of aliphatic imine (C=N–C) groups is 1. The van der Waals surface area contributed by atoms with Gasteiger partial charge in [-0.05, 0) is 49.5 Å². The molecule has 4 rings (SSSR count). The molecule has 7 heteroatoms. The number of aliphatic hydroxyl groups excluding tert-OH is 1. The van der Waals surface area contributed by atoms with Crippen molar-refractivity contribution in [3.8, 4) is 0 Å². The number of nitrogens with zero attached hydrogens (tertiary/aromatic N) is 2. The third-order valence-electron chi connectivity index (χ3n) is 4.37. The topological polar surface area (TPSA) is 86.6 Å². The van der Waals surface area contributed by atoms with E-state index in [9.17, 15) is 9.90 Å². The molecule has 0 radical (unpaired) electrons. The van der Waals surface area contributed by atoms with E-state index in [1.807, 2.05) is 29.8 Å². The number of amides is 1. The molecule has 1 aromatic heterocycles. The lowest BCUT2D eigenvalue weighted by Gasteiger charge is -2.22. The summed E-state index contributed by atoms with van der Waals surface area (Å²) in [5, 5.41) is 15.4. The third kappa shape index (κ3) is 3.18. The van der Waals surface area contributed by atoms with Crippen molar-refractivity contribution in [2.45, 2.75) is 37.8 Å². The lowest BCUT2D eigenvalue weighted by atomic mass is 9.94. The fourth-order valence-corrected chi connectivity index (χ4v) is 3.78. The fraction of sp³-hybridized carbons (Fsp3) is 0.353. The smallest absolute Gasteiger partial charge is 0.274 e. The molecule has 2 fully saturated rings. The Hall–Kier alpha value is -2.25. The molecule has 1 saturated heterocycles. The predicted molar refractivity (Wildman–Crippen MR) is 94.6 cm³/mol. The lowest BCUT2D eigenvalue weighted by Crippen LogP contribution is -2.29. The quantitative estimate of drug-likeness (QED) is 0.729. The van der Waals surface area contributed by atoms with Crippen molar-refractivity contribution < 1.29 is 9.90 Å². The molecule has 0 atom stereocenters. The number of aromatic nitrogens is 1. The fourth-order valence-electron chi connectivity index (χ4n) is 3.05. The molecule has 1 saturated carbocycles. The minimum Gasteiger partial charge on any atom is -0.393 e. The summed E-state index contributed by atoms with van der Waals surface area (Å²) in [7, 11) is 0. The maximum Gasteiger partial charge on any atom is 0.274 e. The van der Waals surface area contributed by atoms with Crippen LogP contribution in [0.25, 0.3) is 16.3 Å². The highest BCUT2D eigenvalue weighted by Crippen LogP contribution is 2.22. The summed E-state index contributed by atoms with van der Waals surface area (Å²) in [5.41, 5.74) is 4.22. The van der Waals surface area contributed by atoms with Gasteiger partial charge in [0.25, 0.3) is 5.91 Å². The van der Waals surface area contributed by atoms with Crippen molar-refractivity contribution in [1.82, 2.24) is 15.6 Å². The molecule has 1 aliphatic carbocycles. The van der Waals surface area contributed by atoms with E-state index in [1.165, 1.54) is 0 Å². The maximum absolute atomic E-state index is 12.1. The normalized spacial score (nSPS) is 27.6. The number of thiazole rings is 1. The Bertz CT molecular complexity index is 834. The first kappa shape index (κ1) is 15.3. The number of guanidine groups is 1. The van der Waals surface area contributed by atoms with Crippen molar-refractivity contribution in [3.63, 3.8) is 0 Å². The highest BCUT2D eigenvalue weighted by molar-refractivity contribution is 7.16. The van der Waals surface area contributed by atoms with E-state index in [0.717, 1.165) is 41.5 Å². The van der Waals surface area contributed by atoms with Crippen LogP contribution in [-0.4, -0.2) is 34.1 Å². The third-order valence-corrected chi connectivity index (χ3v) is 5.17. The minimum absolute atomic E-state index is 0.157. The molecular weight excluding hydrogens is 324 g/mol. The number of aliphatic hydroxyl groups is 1. The van der Waals surface area contributed by atoms with Crippen LogP contribution in [-0.2, 0) is 4.79 Å². The van der Waals surface area contributed by atoms with Crippen LogP contribution < -0.4 is 10.6 Å². The van der Waals surface area contributed by atoms with Gasteiger partial charge >= 0.3 is 0 Å². The van der Waals surface area contributed by atoms with Gasteiger partial charge in [-0.3, -0.25) is 10.1 Å². The van der Waals surface area contributed by atoms with E-state index in [1.54, 1.807) is 11.3 Å². The van der Waals surface area contributed by atoms with Crippen LogP contribution in [0.2, 0.25) is 0 Å². The number of fused-ring (bicyclic) bond motifs is 1. The summed E-state index contributed by atoms with van der Waals surface area (Å²) < 4.78 is 1.09. The zero-order valence-corrected chi connectivity index (χ0v) is 13.8. The van der Waals surface area contributed by atoms with Crippen molar-refractivity contribution >= 4 is 39.5 Å². The summed E-state index contributed by atoms with van der Waals surface area (Å²) >= 11 is 1.58. The largest absolute Gasteiger partial charge is 0.393 e. The number of benzene rings is 1. The molecule has 2 aliphatic rings. The van der Waals surface area contributed by atoms with E-state index in [2.05, 4.69) is 20.6 Å². The first-order chi connectivity index (χ1) is 11.7. The Morgan fingerprint density at radius 1 is 1.25 bits per heavy atom. The SMILES string of the molecule is O=C1NC(=NC2CCC(O)CC2)N/C1=C\c1ccc2ncsc2c1. The number of nitrogens with one attached hydrogen (secondary N) is 2. The van der Waals surface area contributed by atoms with Crippen LogP contribution in [0.4, 0.5) is 0 Å². The van der Waals surface area contributed by atoms with Gasteiger partial charge in [-0.25, -0.2) is 9.98 Å². The van der Waals surface area contributed by atoms with E-state index in [-0.39, 0.29) is 18.1 Å². The zero-order valence-electron chi connectivity index (χ0n) is 13.0. The van der Waals surface area contributed by atoms with Gasteiger partial charge in [0.15, 0.2) is 0 Å². The summed E-state index contributed by atoms with van der Waals surface area (Å²) in [6, 6.07) is 6.07. The van der Waals surface area contributed by atoms with Crippen LogP contribution in [0.1, 0.15) is 31.2 Å². The van der Waals surface area contributed by atoms with Gasteiger partial charge < -0.3 is 10.4 Å². The second-order valence-corrected chi connectivity index (χ2v) is 7.04. The Morgan fingerprint density at radius 2 is 2.08 bits per heavy atom. The summed E-state index contributed by atoms with van der Waals surface area (Å²) in [6.07, 6.45) is 4.86. The summed E-state index contributed by atoms with van der Waals surface area (Å²) in [6.45, 7) is 0. The highest BCUT2D eigenvalue weighted by Gasteiger charge is 2.25. The Morgan fingerprint density at radius 3 is 2.92 bits per heavy atom. The first-order valence-electron chi connectivity index (χ1n) is 8.06. The molecule has 2 aromatic rings. The van der Waals surface area contributed by atoms with Gasteiger partial charge in [-0.1, -0.05) is 6.07 Å². The molecule has 24 heavy (non-hydrogen) atoms. The Balaban J connectivity index is 1.51. The molecule has 1 amide bonds. The average Bonchev–Trinajstić information content (AvgIpc) is 3.16. The number of hydrogen-bond donors (Lipinski definition) is 3. The van der Waals surface area contributed by atoms with Crippen molar-refractivity contribution in [2.75, 3.05) is 0 Å². The van der Waals surface area contributed by atoms with Gasteiger partial charge in [0.2, 0.25) is 5.96 Å². The molecule has 0 spiro atoms. The molecule has 0 bridgehead atoms. The number of carbonyl (C=O) groups excluding carboxylic acids is 1. The molecule has 0 unspecified atom stereocenters. The monoisotopic (exact) mass is 342 g/mol. The minimum atomic E-state index is -0.204. The van der Waals surface area contributed by atoms with Crippen LogP contribution in [0.5, 0.6) is 0 Å². The molecule has 3 N–H and O–H groups in total. The molecule has 2 heterocycles. The van der Waals surface area contributed by atoms with Crippen molar-refractivity contribution in [2.24, 2.45) is 4.99 Å². The van der Waals surface area contributed by atoms with Crippen LogP contribution in [0.15, 0.2) is 34.4 Å².